The molecule has 1 aliphatic heterocycles. The van der Waals surface area contributed by atoms with Crippen molar-refractivity contribution in [2.24, 2.45) is 0 Å². The molecule has 3 nitrogen and oxygen atoms in total. The van der Waals surface area contributed by atoms with Crippen molar-refractivity contribution >= 4 is 0 Å². The van der Waals surface area contributed by atoms with Gasteiger partial charge in [-0.3, -0.25) is 4.90 Å². The van der Waals surface area contributed by atoms with E-state index in [1.165, 1.54) is 32.4 Å². The molecule has 1 fully saturated rings. The lowest BCUT2D eigenvalue weighted by Gasteiger charge is -2.34. The first-order valence-electron chi connectivity index (χ1n) is 6.20. The number of hydrogen-bond donors (Lipinski definition) is 1. The first-order valence-corrected chi connectivity index (χ1v) is 6.20. The Hall–Kier alpha value is -0.120. The summed E-state index contributed by atoms with van der Waals surface area (Å²) in [5.74, 6) is 0. The first kappa shape index (κ1) is 12.9. The van der Waals surface area contributed by atoms with Crippen LogP contribution in [0.25, 0.3) is 0 Å². The summed E-state index contributed by atoms with van der Waals surface area (Å²) in [4.78, 5) is 4.80. The molecule has 0 aromatic carbocycles. The zero-order valence-electron chi connectivity index (χ0n) is 10.4. The van der Waals surface area contributed by atoms with Gasteiger partial charge in [0.2, 0.25) is 0 Å². The predicted molar refractivity (Wildman–Crippen MR) is 64.1 cm³/mol. The molecule has 0 amide bonds. The lowest BCUT2D eigenvalue weighted by atomic mass is 10.1. The van der Waals surface area contributed by atoms with Crippen molar-refractivity contribution in [3.05, 3.63) is 0 Å². The Morgan fingerprint density at radius 3 is 2.27 bits per heavy atom. The molecular weight excluding hydrogens is 188 g/mol. The lowest BCUT2D eigenvalue weighted by molar-refractivity contribution is 0.103. The van der Waals surface area contributed by atoms with Crippen molar-refractivity contribution in [3.63, 3.8) is 0 Å². The van der Waals surface area contributed by atoms with E-state index in [0.29, 0.717) is 6.04 Å². The smallest absolute Gasteiger partial charge is 0.0638 e. The van der Waals surface area contributed by atoms with E-state index in [4.69, 9.17) is 0 Å². The Morgan fingerprint density at radius 2 is 1.73 bits per heavy atom. The number of rotatable bonds is 5. The van der Waals surface area contributed by atoms with Crippen molar-refractivity contribution in [3.8, 4) is 0 Å². The van der Waals surface area contributed by atoms with Crippen LogP contribution in [0.15, 0.2) is 0 Å². The fourth-order valence-electron chi connectivity index (χ4n) is 2.45. The minimum atomic E-state index is -0.219. The minimum absolute atomic E-state index is 0.219. The van der Waals surface area contributed by atoms with E-state index in [1.807, 2.05) is 6.92 Å². The number of hydrogen-bond acceptors (Lipinski definition) is 3. The standard InChI is InChI=1S/C12H26N2O/c1-11(9-13(3)10-12(2)15)14-7-5-4-6-8-14/h11-12,15H,4-10H2,1-3H3. The highest BCUT2D eigenvalue weighted by atomic mass is 16.3. The van der Waals surface area contributed by atoms with Gasteiger partial charge in [0, 0.05) is 19.1 Å². The molecule has 2 atom stereocenters. The molecule has 0 saturated carbocycles. The summed E-state index contributed by atoms with van der Waals surface area (Å²) in [5, 5.41) is 9.29. The zero-order valence-corrected chi connectivity index (χ0v) is 10.4. The molecule has 1 heterocycles. The molecule has 0 aromatic heterocycles. The van der Waals surface area contributed by atoms with Crippen LogP contribution < -0.4 is 0 Å². The Balaban J connectivity index is 2.23. The Labute approximate surface area is 94.1 Å². The second-order valence-corrected chi connectivity index (χ2v) is 5.02. The van der Waals surface area contributed by atoms with E-state index in [1.54, 1.807) is 0 Å². The van der Waals surface area contributed by atoms with Crippen molar-refractivity contribution in [1.82, 2.24) is 9.80 Å². The Kier molecular flexibility index (Phi) is 5.58. The van der Waals surface area contributed by atoms with Gasteiger partial charge in [0.15, 0.2) is 0 Å². The average Bonchev–Trinajstić information content (AvgIpc) is 2.17. The molecule has 0 spiro atoms. The second kappa shape index (κ2) is 6.46. The van der Waals surface area contributed by atoms with Gasteiger partial charge in [0.25, 0.3) is 0 Å². The summed E-state index contributed by atoms with van der Waals surface area (Å²) in [6, 6.07) is 0.619. The molecule has 0 bridgehead atoms. The van der Waals surface area contributed by atoms with Crippen molar-refractivity contribution < 1.29 is 5.11 Å². The second-order valence-electron chi connectivity index (χ2n) is 5.02. The molecule has 15 heavy (non-hydrogen) atoms. The number of aliphatic hydroxyl groups is 1. The van der Waals surface area contributed by atoms with E-state index in [9.17, 15) is 5.11 Å². The van der Waals surface area contributed by atoms with Gasteiger partial charge in [-0.2, -0.15) is 0 Å². The third-order valence-electron chi connectivity index (χ3n) is 3.17. The lowest BCUT2D eigenvalue weighted by Crippen LogP contribution is -2.44. The summed E-state index contributed by atoms with van der Waals surface area (Å²) in [7, 11) is 2.09. The van der Waals surface area contributed by atoms with E-state index in [0.717, 1.165) is 13.1 Å². The van der Waals surface area contributed by atoms with Crippen LogP contribution in [-0.4, -0.2) is 60.3 Å². The van der Waals surface area contributed by atoms with E-state index >= 15 is 0 Å². The van der Waals surface area contributed by atoms with Gasteiger partial charge in [-0.05, 0) is 46.8 Å². The predicted octanol–water partition coefficient (Wildman–Crippen LogP) is 1.17. The van der Waals surface area contributed by atoms with Crippen LogP contribution in [0, 0.1) is 0 Å². The van der Waals surface area contributed by atoms with Crippen LogP contribution in [0.4, 0.5) is 0 Å². The number of likely N-dealkylation sites (tertiary alicyclic amines) is 1. The molecule has 0 radical (unpaired) electrons. The van der Waals surface area contributed by atoms with E-state index < -0.39 is 0 Å². The number of aliphatic hydroxyl groups excluding tert-OH is 1. The molecule has 1 saturated heterocycles. The molecule has 2 unspecified atom stereocenters. The van der Waals surface area contributed by atoms with Gasteiger partial charge in [-0.15, -0.1) is 0 Å². The molecular formula is C12H26N2O. The molecule has 0 aromatic rings. The topological polar surface area (TPSA) is 26.7 Å². The maximum absolute atomic E-state index is 9.29. The summed E-state index contributed by atoms with van der Waals surface area (Å²) in [5.41, 5.74) is 0. The van der Waals surface area contributed by atoms with Gasteiger partial charge < -0.3 is 10.0 Å². The minimum Gasteiger partial charge on any atom is -0.392 e. The highest BCUT2D eigenvalue weighted by molar-refractivity contribution is 4.74. The van der Waals surface area contributed by atoms with Gasteiger partial charge >= 0.3 is 0 Å². The fourth-order valence-corrected chi connectivity index (χ4v) is 2.45. The number of likely N-dealkylation sites (N-methyl/N-ethyl adjacent to an activating group) is 1. The third kappa shape index (κ3) is 4.96. The third-order valence-corrected chi connectivity index (χ3v) is 3.17. The van der Waals surface area contributed by atoms with Gasteiger partial charge in [-0.25, -0.2) is 0 Å². The molecule has 1 aliphatic rings. The van der Waals surface area contributed by atoms with Crippen molar-refractivity contribution in [2.75, 3.05) is 33.2 Å². The van der Waals surface area contributed by atoms with Crippen LogP contribution in [0.1, 0.15) is 33.1 Å². The Bertz CT molecular complexity index is 167. The van der Waals surface area contributed by atoms with Crippen molar-refractivity contribution in [1.29, 1.82) is 0 Å². The van der Waals surface area contributed by atoms with Gasteiger partial charge in [0.05, 0.1) is 6.10 Å². The highest BCUT2D eigenvalue weighted by Crippen LogP contribution is 2.12. The van der Waals surface area contributed by atoms with E-state index in [-0.39, 0.29) is 6.10 Å². The molecule has 0 aliphatic carbocycles. The number of nitrogens with zero attached hydrogens (tertiary/aromatic N) is 2. The maximum Gasteiger partial charge on any atom is 0.0638 e. The fraction of sp³-hybridized carbons (Fsp3) is 1.00. The van der Waals surface area contributed by atoms with Crippen LogP contribution >= 0.6 is 0 Å². The monoisotopic (exact) mass is 214 g/mol. The summed E-state index contributed by atoms with van der Waals surface area (Å²) < 4.78 is 0. The molecule has 3 heteroatoms. The average molecular weight is 214 g/mol. The maximum atomic E-state index is 9.29. The van der Waals surface area contributed by atoms with Gasteiger partial charge in [-0.1, -0.05) is 6.42 Å². The SMILES string of the molecule is CC(O)CN(C)CC(C)N1CCCCC1. The van der Waals surface area contributed by atoms with Crippen molar-refractivity contribution in [2.45, 2.75) is 45.3 Å². The summed E-state index contributed by atoms with van der Waals surface area (Å²) in [6.45, 7) is 8.49. The van der Waals surface area contributed by atoms with Crippen LogP contribution in [0.5, 0.6) is 0 Å². The quantitative estimate of drug-likeness (QED) is 0.744. The largest absolute Gasteiger partial charge is 0.392 e. The molecule has 1 N–H and O–H groups in total. The Morgan fingerprint density at radius 1 is 1.13 bits per heavy atom. The van der Waals surface area contributed by atoms with Crippen LogP contribution in [0.2, 0.25) is 0 Å². The van der Waals surface area contributed by atoms with Crippen LogP contribution in [0.3, 0.4) is 0 Å². The van der Waals surface area contributed by atoms with E-state index in [2.05, 4.69) is 23.8 Å². The normalized spacial score (nSPS) is 23.0. The van der Waals surface area contributed by atoms with Crippen LogP contribution in [-0.2, 0) is 0 Å². The summed E-state index contributed by atoms with van der Waals surface area (Å²) in [6.07, 6.45) is 3.88. The summed E-state index contributed by atoms with van der Waals surface area (Å²) >= 11 is 0. The number of piperidine rings is 1. The zero-order chi connectivity index (χ0) is 11.3. The first-order chi connectivity index (χ1) is 7.09. The van der Waals surface area contributed by atoms with Gasteiger partial charge in [0.1, 0.15) is 0 Å². The molecule has 1 rings (SSSR count). The molecule has 90 valence electrons. The highest BCUT2D eigenvalue weighted by Gasteiger charge is 2.18.